The van der Waals surface area contributed by atoms with Crippen LogP contribution in [0.25, 0.3) is 0 Å². The summed E-state index contributed by atoms with van der Waals surface area (Å²) in [6.07, 6.45) is 2.95. The lowest BCUT2D eigenvalue weighted by atomic mass is 10.1. The Kier molecular flexibility index (Phi) is 5.51. The topological polar surface area (TPSA) is 88.2 Å². The van der Waals surface area contributed by atoms with E-state index in [0.29, 0.717) is 17.2 Å². The van der Waals surface area contributed by atoms with Crippen LogP contribution in [0, 0.1) is 13.8 Å². The Bertz CT molecular complexity index is 667. The maximum absolute atomic E-state index is 12.2. The molecule has 1 heterocycles. The molecule has 1 aromatic heterocycles. The summed E-state index contributed by atoms with van der Waals surface area (Å²) in [6, 6.07) is 4.87. The van der Waals surface area contributed by atoms with Gasteiger partial charge in [0, 0.05) is 10.4 Å². The first-order valence-corrected chi connectivity index (χ1v) is 8.10. The molecule has 5 nitrogen and oxygen atoms in total. The van der Waals surface area contributed by atoms with Crippen molar-refractivity contribution in [2.75, 3.05) is 11.9 Å². The van der Waals surface area contributed by atoms with Gasteiger partial charge in [-0.1, -0.05) is 6.07 Å². The molecule has 22 heavy (non-hydrogen) atoms. The average Bonchev–Trinajstić information content (AvgIpc) is 2.82. The van der Waals surface area contributed by atoms with Crippen LogP contribution in [-0.2, 0) is 6.42 Å². The molecule has 2 aromatic rings. The molecule has 0 bridgehead atoms. The number of phenolic OH excluding ortho intramolecular Hbond substituents is 1. The lowest BCUT2D eigenvalue weighted by molar-refractivity contribution is 0.102. The second-order valence-electron chi connectivity index (χ2n) is 5.23. The number of phenols is 1. The zero-order valence-electron chi connectivity index (χ0n) is 12.8. The van der Waals surface area contributed by atoms with Crippen molar-refractivity contribution in [2.24, 2.45) is 5.73 Å². The van der Waals surface area contributed by atoms with Crippen molar-refractivity contribution in [3.63, 3.8) is 0 Å². The van der Waals surface area contributed by atoms with Gasteiger partial charge in [0.2, 0.25) is 0 Å². The van der Waals surface area contributed by atoms with Crippen LogP contribution in [0.1, 0.15) is 39.3 Å². The van der Waals surface area contributed by atoms with E-state index in [-0.39, 0.29) is 11.7 Å². The van der Waals surface area contributed by atoms with E-state index in [0.717, 1.165) is 30.5 Å². The van der Waals surface area contributed by atoms with Crippen LogP contribution in [0.4, 0.5) is 5.13 Å². The molecule has 0 unspecified atom stereocenters. The Balaban J connectivity index is 2.05. The minimum Gasteiger partial charge on any atom is -0.508 e. The molecule has 2 rings (SSSR count). The van der Waals surface area contributed by atoms with Crippen molar-refractivity contribution < 1.29 is 9.90 Å². The predicted octanol–water partition coefficient (Wildman–Crippen LogP) is 3.00. The molecular formula is C16H21N3O2S. The van der Waals surface area contributed by atoms with Crippen molar-refractivity contribution in [1.29, 1.82) is 0 Å². The molecule has 4 N–H and O–H groups in total. The van der Waals surface area contributed by atoms with Crippen LogP contribution in [0.15, 0.2) is 18.2 Å². The van der Waals surface area contributed by atoms with E-state index >= 15 is 0 Å². The number of hydrogen-bond acceptors (Lipinski definition) is 5. The number of unbranched alkanes of at least 4 members (excludes halogenated alkanes) is 1. The number of carbonyl (C=O) groups is 1. The highest BCUT2D eigenvalue weighted by Crippen LogP contribution is 2.25. The monoisotopic (exact) mass is 319 g/mol. The minimum atomic E-state index is -0.266. The molecule has 1 amide bonds. The van der Waals surface area contributed by atoms with E-state index in [1.54, 1.807) is 19.1 Å². The summed E-state index contributed by atoms with van der Waals surface area (Å²) in [4.78, 5) is 17.8. The maximum Gasteiger partial charge on any atom is 0.257 e. The lowest BCUT2D eigenvalue weighted by Crippen LogP contribution is -2.11. The summed E-state index contributed by atoms with van der Waals surface area (Å²) in [5, 5.41) is 13.1. The highest BCUT2D eigenvalue weighted by Gasteiger charge is 2.12. The molecule has 0 aliphatic heterocycles. The first kappa shape index (κ1) is 16.5. The fraction of sp³-hybridized carbons (Fsp3) is 0.375. The van der Waals surface area contributed by atoms with Crippen LogP contribution in [0.5, 0.6) is 5.75 Å². The number of aryl methyl sites for hydroxylation is 3. The largest absolute Gasteiger partial charge is 0.508 e. The molecule has 0 aliphatic rings. The third-order valence-electron chi connectivity index (χ3n) is 3.44. The second kappa shape index (κ2) is 7.38. The van der Waals surface area contributed by atoms with Crippen LogP contribution < -0.4 is 11.1 Å². The second-order valence-corrected chi connectivity index (χ2v) is 6.31. The number of aromatic hydroxyl groups is 1. The van der Waals surface area contributed by atoms with Gasteiger partial charge in [0.1, 0.15) is 5.75 Å². The number of amides is 1. The Labute approximate surface area is 134 Å². The number of anilines is 1. The molecule has 6 heteroatoms. The normalized spacial score (nSPS) is 10.7. The number of aromatic nitrogens is 1. The number of carbonyl (C=O) groups excluding carboxylic acids is 1. The molecule has 0 fully saturated rings. The van der Waals surface area contributed by atoms with E-state index in [4.69, 9.17) is 5.73 Å². The van der Waals surface area contributed by atoms with Crippen LogP contribution in [0.2, 0.25) is 0 Å². The van der Waals surface area contributed by atoms with E-state index in [2.05, 4.69) is 10.3 Å². The predicted molar refractivity (Wildman–Crippen MR) is 89.6 cm³/mol. The fourth-order valence-electron chi connectivity index (χ4n) is 2.06. The van der Waals surface area contributed by atoms with Crippen LogP contribution in [0.3, 0.4) is 0 Å². The van der Waals surface area contributed by atoms with Crippen molar-refractivity contribution in [3.8, 4) is 5.75 Å². The van der Waals surface area contributed by atoms with Gasteiger partial charge in [-0.25, -0.2) is 4.98 Å². The summed E-state index contributed by atoms with van der Waals surface area (Å²) >= 11 is 1.49. The number of hydrogen-bond donors (Lipinski definition) is 3. The Morgan fingerprint density at radius 1 is 1.36 bits per heavy atom. The third kappa shape index (κ3) is 4.05. The number of nitrogens with two attached hydrogens (primary N) is 1. The zero-order valence-corrected chi connectivity index (χ0v) is 13.7. The first-order valence-electron chi connectivity index (χ1n) is 7.28. The standard InChI is InChI=1S/C16H21N3O2S/c1-10-6-7-12(9-13(10)20)15(21)19-16-18-11(2)14(22-16)5-3-4-8-17/h6-7,9,20H,3-5,8,17H2,1-2H3,(H,18,19,21). The Morgan fingerprint density at radius 3 is 2.82 bits per heavy atom. The van der Waals surface area contributed by atoms with E-state index < -0.39 is 0 Å². The van der Waals surface area contributed by atoms with E-state index in [9.17, 15) is 9.90 Å². The molecule has 0 spiro atoms. The van der Waals surface area contributed by atoms with E-state index in [1.807, 2.05) is 6.92 Å². The van der Waals surface area contributed by atoms with Gasteiger partial charge in [-0.3, -0.25) is 10.1 Å². The van der Waals surface area contributed by atoms with Gasteiger partial charge in [-0.2, -0.15) is 0 Å². The van der Waals surface area contributed by atoms with Crippen LogP contribution >= 0.6 is 11.3 Å². The van der Waals surface area contributed by atoms with Crippen molar-refractivity contribution in [3.05, 3.63) is 39.9 Å². The summed E-state index contributed by atoms with van der Waals surface area (Å²) in [6.45, 7) is 4.43. The lowest BCUT2D eigenvalue weighted by Gasteiger charge is -2.04. The van der Waals surface area contributed by atoms with Gasteiger partial charge in [0.05, 0.1) is 5.69 Å². The molecule has 1 aromatic carbocycles. The number of benzene rings is 1. The van der Waals surface area contributed by atoms with Crippen molar-refractivity contribution in [2.45, 2.75) is 33.1 Å². The highest BCUT2D eigenvalue weighted by molar-refractivity contribution is 7.15. The van der Waals surface area contributed by atoms with Gasteiger partial charge in [0.25, 0.3) is 5.91 Å². The minimum absolute atomic E-state index is 0.116. The highest BCUT2D eigenvalue weighted by atomic mass is 32.1. The summed E-state index contributed by atoms with van der Waals surface area (Å²) < 4.78 is 0. The van der Waals surface area contributed by atoms with Gasteiger partial charge < -0.3 is 10.8 Å². The fourth-order valence-corrected chi connectivity index (χ4v) is 3.06. The molecule has 0 atom stereocenters. The van der Waals surface area contributed by atoms with Crippen molar-refractivity contribution >= 4 is 22.4 Å². The maximum atomic E-state index is 12.2. The number of nitrogens with one attached hydrogen (secondary N) is 1. The smallest absolute Gasteiger partial charge is 0.257 e. The third-order valence-corrected chi connectivity index (χ3v) is 4.58. The SMILES string of the molecule is Cc1ccc(C(=O)Nc2nc(C)c(CCCCN)s2)cc1O. The number of nitrogens with zero attached hydrogens (tertiary/aromatic N) is 1. The summed E-state index contributed by atoms with van der Waals surface area (Å²) in [5.74, 6) is -0.150. The number of thiazole rings is 1. The molecular weight excluding hydrogens is 298 g/mol. The van der Waals surface area contributed by atoms with Gasteiger partial charge in [-0.05, 0) is 57.4 Å². The van der Waals surface area contributed by atoms with Gasteiger partial charge in [-0.15, -0.1) is 11.3 Å². The summed E-state index contributed by atoms with van der Waals surface area (Å²) in [5.41, 5.74) is 7.60. The summed E-state index contributed by atoms with van der Waals surface area (Å²) in [7, 11) is 0. The molecule has 118 valence electrons. The molecule has 0 saturated carbocycles. The zero-order chi connectivity index (χ0) is 16.1. The molecule has 0 aliphatic carbocycles. The van der Waals surface area contributed by atoms with Gasteiger partial charge >= 0.3 is 0 Å². The Morgan fingerprint density at radius 2 is 2.14 bits per heavy atom. The Hall–Kier alpha value is -1.92. The van der Waals surface area contributed by atoms with Crippen molar-refractivity contribution in [1.82, 2.24) is 4.98 Å². The molecule has 0 radical (unpaired) electrons. The first-order chi connectivity index (χ1) is 10.5. The van der Waals surface area contributed by atoms with Gasteiger partial charge in [0.15, 0.2) is 5.13 Å². The quantitative estimate of drug-likeness (QED) is 0.714. The average molecular weight is 319 g/mol. The number of rotatable bonds is 6. The van der Waals surface area contributed by atoms with Crippen LogP contribution in [-0.4, -0.2) is 22.5 Å². The molecule has 0 saturated heterocycles. The van der Waals surface area contributed by atoms with E-state index in [1.165, 1.54) is 22.3 Å².